The summed E-state index contributed by atoms with van der Waals surface area (Å²) in [6.45, 7) is 8.81. The van der Waals surface area contributed by atoms with Gasteiger partial charge in [-0.3, -0.25) is 0 Å². The minimum Gasteiger partial charge on any atom is -0.482 e. The Bertz CT molecular complexity index is 974. The first-order valence-corrected chi connectivity index (χ1v) is 13.4. The molecule has 0 saturated carbocycles. The van der Waals surface area contributed by atoms with Gasteiger partial charge in [-0.15, -0.1) is 11.8 Å². The lowest BCUT2D eigenvalue weighted by atomic mass is 10.2. The van der Waals surface area contributed by atoms with Gasteiger partial charge < -0.3 is 9.47 Å². The van der Waals surface area contributed by atoms with Crippen molar-refractivity contribution in [2.45, 2.75) is 44.8 Å². The van der Waals surface area contributed by atoms with E-state index in [1.165, 1.54) is 0 Å². The summed E-state index contributed by atoms with van der Waals surface area (Å²) in [7, 11) is -3.38. The number of rotatable bonds is 13. The second-order valence-electron chi connectivity index (χ2n) is 7.51. The van der Waals surface area contributed by atoms with Gasteiger partial charge in [-0.05, 0) is 56.5 Å². The number of aryl methyl sites for hydroxylation is 2. The molecular formula is C24H33NO5S2. The van der Waals surface area contributed by atoms with E-state index in [4.69, 9.17) is 9.47 Å². The fourth-order valence-corrected chi connectivity index (χ4v) is 5.82. The van der Waals surface area contributed by atoms with Crippen LogP contribution in [-0.4, -0.2) is 50.7 Å². The molecule has 0 amide bonds. The van der Waals surface area contributed by atoms with Crippen LogP contribution in [0.1, 0.15) is 37.0 Å². The minimum absolute atomic E-state index is 0.0174. The van der Waals surface area contributed by atoms with E-state index in [0.717, 1.165) is 28.0 Å². The van der Waals surface area contributed by atoms with E-state index >= 15 is 0 Å². The highest BCUT2D eigenvalue weighted by Gasteiger charge is 2.21. The number of nitrogens with zero attached hydrogens (tertiary/aromatic N) is 1. The topological polar surface area (TPSA) is 72.9 Å². The molecule has 2 aromatic rings. The average Bonchev–Trinajstić information content (AvgIpc) is 2.74. The van der Waals surface area contributed by atoms with Crippen LogP contribution in [0.3, 0.4) is 0 Å². The molecule has 0 aliphatic heterocycles. The van der Waals surface area contributed by atoms with Crippen LogP contribution in [0.4, 0.5) is 0 Å². The highest BCUT2D eigenvalue weighted by Crippen LogP contribution is 2.26. The molecule has 2 rings (SSSR count). The molecule has 2 aromatic carbocycles. The zero-order chi connectivity index (χ0) is 23.6. The second-order valence-corrected chi connectivity index (χ2v) is 10.6. The fraction of sp³-hybridized carbons (Fsp3) is 0.458. The van der Waals surface area contributed by atoms with Gasteiger partial charge >= 0.3 is 5.97 Å². The van der Waals surface area contributed by atoms with E-state index < -0.39 is 16.0 Å². The Morgan fingerprint density at radius 2 is 1.75 bits per heavy atom. The molecule has 0 aromatic heterocycles. The number of esters is 1. The Labute approximate surface area is 196 Å². The molecular weight excluding hydrogens is 446 g/mol. The summed E-state index contributed by atoms with van der Waals surface area (Å²) in [5, 5.41) is 0. The summed E-state index contributed by atoms with van der Waals surface area (Å²) in [4.78, 5) is 12.5. The number of hydrogen-bond donors (Lipinski definition) is 0. The highest BCUT2D eigenvalue weighted by atomic mass is 32.2. The molecule has 0 spiro atoms. The predicted molar refractivity (Wildman–Crippen MR) is 130 cm³/mol. The quantitative estimate of drug-likeness (QED) is 0.309. The van der Waals surface area contributed by atoms with Crippen LogP contribution in [0, 0.1) is 13.8 Å². The number of hydrogen-bond acceptors (Lipinski definition) is 6. The number of thioether (sulfide) groups is 1. The lowest BCUT2D eigenvalue weighted by Gasteiger charge is -2.21. The normalized spacial score (nSPS) is 11.5. The molecule has 0 aliphatic rings. The molecule has 0 fully saturated rings. The molecule has 0 bridgehead atoms. The summed E-state index contributed by atoms with van der Waals surface area (Å²) >= 11 is 1.60. The predicted octanol–water partition coefficient (Wildman–Crippen LogP) is 4.58. The minimum atomic E-state index is -3.38. The van der Waals surface area contributed by atoms with E-state index in [-0.39, 0.29) is 12.4 Å². The summed E-state index contributed by atoms with van der Waals surface area (Å²) in [5.41, 5.74) is 2.83. The third-order valence-electron chi connectivity index (χ3n) is 4.74. The Morgan fingerprint density at radius 3 is 2.38 bits per heavy atom. The number of carbonyl (C=O) groups excluding carboxylic acids is 1. The Hall–Kier alpha value is -2.03. The molecule has 8 heteroatoms. The largest absolute Gasteiger partial charge is 0.482 e. The Morgan fingerprint density at radius 1 is 1.03 bits per heavy atom. The SMILES string of the molecule is CCCN(CCSc1ccc(OCC(=O)OCC)c(C)c1)S(=O)(=O)Cc1ccc(C)cc1. The smallest absolute Gasteiger partial charge is 0.344 e. The van der Waals surface area contributed by atoms with E-state index in [1.807, 2.05) is 63.2 Å². The van der Waals surface area contributed by atoms with E-state index in [1.54, 1.807) is 23.0 Å². The summed E-state index contributed by atoms with van der Waals surface area (Å²) in [6, 6.07) is 13.4. The third-order valence-corrected chi connectivity index (χ3v) is 7.57. The maximum atomic E-state index is 13.0. The molecule has 176 valence electrons. The number of ether oxygens (including phenoxy) is 2. The molecule has 6 nitrogen and oxygen atoms in total. The lowest BCUT2D eigenvalue weighted by molar-refractivity contribution is -0.145. The maximum absolute atomic E-state index is 13.0. The standard InChI is InChI=1S/C24H33NO5S2/c1-5-13-25(32(27,28)18-21-9-7-19(3)8-10-21)14-15-31-22-11-12-23(20(4)16-22)30-17-24(26)29-6-2/h7-12,16H,5-6,13-15,17-18H2,1-4H3. The zero-order valence-corrected chi connectivity index (χ0v) is 20.9. The molecule has 0 aliphatic carbocycles. The van der Waals surface area contributed by atoms with Crippen molar-refractivity contribution in [3.8, 4) is 5.75 Å². The first kappa shape index (κ1) is 26.2. The van der Waals surface area contributed by atoms with Crippen molar-refractivity contribution in [1.82, 2.24) is 4.31 Å². The molecule has 0 saturated heterocycles. The van der Waals surface area contributed by atoms with Crippen LogP contribution >= 0.6 is 11.8 Å². The van der Waals surface area contributed by atoms with E-state index in [9.17, 15) is 13.2 Å². The van der Waals surface area contributed by atoms with Crippen LogP contribution in [0.15, 0.2) is 47.4 Å². The maximum Gasteiger partial charge on any atom is 0.344 e. The van der Waals surface area contributed by atoms with Crippen molar-refractivity contribution in [2.24, 2.45) is 0 Å². The number of carbonyl (C=O) groups is 1. The lowest BCUT2D eigenvalue weighted by Crippen LogP contribution is -2.34. The molecule has 0 unspecified atom stereocenters. The summed E-state index contributed by atoms with van der Waals surface area (Å²) < 4.78 is 37.9. The van der Waals surface area contributed by atoms with Crippen molar-refractivity contribution < 1.29 is 22.7 Å². The van der Waals surface area contributed by atoms with E-state index in [2.05, 4.69) is 0 Å². The van der Waals surface area contributed by atoms with Crippen LogP contribution in [0.25, 0.3) is 0 Å². The second kappa shape index (κ2) is 12.9. The van der Waals surface area contributed by atoms with Crippen molar-refractivity contribution in [3.63, 3.8) is 0 Å². The van der Waals surface area contributed by atoms with Gasteiger partial charge in [-0.1, -0.05) is 36.8 Å². The van der Waals surface area contributed by atoms with Crippen LogP contribution in [0.5, 0.6) is 5.75 Å². The van der Waals surface area contributed by atoms with Crippen LogP contribution < -0.4 is 4.74 Å². The molecule has 0 heterocycles. The van der Waals surface area contributed by atoms with Gasteiger partial charge in [0.05, 0.1) is 12.4 Å². The number of benzene rings is 2. The molecule has 0 atom stereocenters. The van der Waals surface area contributed by atoms with Crippen LogP contribution in [-0.2, 0) is 25.3 Å². The molecule has 0 radical (unpaired) electrons. The van der Waals surface area contributed by atoms with E-state index in [0.29, 0.717) is 31.2 Å². The number of sulfonamides is 1. The monoisotopic (exact) mass is 479 g/mol. The van der Waals surface area contributed by atoms with Gasteiger partial charge in [0.25, 0.3) is 0 Å². The summed E-state index contributed by atoms with van der Waals surface area (Å²) in [5.74, 6) is 0.906. The van der Waals surface area contributed by atoms with Gasteiger partial charge in [0.2, 0.25) is 10.0 Å². The first-order valence-electron chi connectivity index (χ1n) is 10.8. The van der Waals surface area contributed by atoms with Gasteiger partial charge in [0.15, 0.2) is 6.61 Å². The van der Waals surface area contributed by atoms with Gasteiger partial charge in [-0.2, -0.15) is 0 Å². The van der Waals surface area contributed by atoms with Crippen molar-refractivity contribution in [2.75, 3.05) is 32.1 Å². The highest BCUT2D eigenvalue weighted by molar-refractivity contribution is 7.99. The van der Waals surface area contributed by atoms with Crippen molar-refractivity contribution in [3.05, 3.63) is 59.2 Å². The first-order chi connectivity index (χ1) is 15.2. The Balaban J connectivity index is 1.93. The fourth-order valence-electron chi connectivity index (χ4n) is 3.10. The summed E-state index contributed by atoms with van der Waals surface area (Å²) in [6.07, 6.45) is 0.767. The zero-order valence-electron chi connectivity index (χ0n) is 19.3. The van der Waals surface area contributed by atoms with Crippen molar-refractivity contribution in [1.29, 1.82) is 0 Å². The van der Waals surface area contributed by atoms with Gasteiger partial charge in [0, 0.05) is 23.7 Å². The third kappa shape index (κ3) is 8.48. The Kier molecular flexibility index (Phi) is 10.5. The average molecular weight is 480 g/mol. The van der Waals surface area contributed by atoms with Crippen molar-refractivity contribution >= 4 is 27.8 Å². The van der Waals surface area contributed by atoms with Crippen LogP contribution in [0.2, 0.25) is 0 Å². The van der Waals surface area contributed by atoms with Gasteiger partial charge in [0.1, 0.15) is 5.75 Å². The molecule has 32 heavy (non-hydrogen) atoms. The molecule has 0 N–H and O–H groups in total. The van der Waals surface area contributed by atoms with Gasteiger partial charge in [-0.25, -0.2) is 17.5 Å².